The van der Waals surface area contributed by atoms with Gasteiger partial charge in [-0.05, 0) is 37.6 Å². The van der Waals surface area contributed by atoms with Crippen molar-refractivity contribution in [3.05, 3.63) is 58.1 Å². The lowest BCUT2D eigenvalue weighted by atomic mass is 10.1. The van der Waals surface area contributed by atoms with Gasteiger partial charge in [0.25, 0.3) is 0 Å². The number of nitrogens with zero attached hydrogens (tertiary/aromatic N) is 1. The van der Waals surface area contributed by atoms with E-state index >= 15 is 0 Å². The van der Waals surface area contributed by atoms with Gasteiger partial charge in [-0.2, -0.15) is 0 Å². The number of rotatable bonds is 9. The smallest absolute Gasteiger partial charge is 0.439 e. The molecule has 0 fully saturated rings. The minimum atomic E-state index is -3.93. The molecule has 6 nitrogen and oxygen atoms in total. The maximum Gasteiger partial charge on any atom is 0.439 e. The van der Waals surface area contributed by atoms with E-state index in [0.717, 1.165) is 0 Å². The topological polar surface area (TPSA) is 76.1 Å². The highest BCUT2D eigenvalue weighted by Crippen LogP contribution is 2.61. The Morgan fingerprint density at radius 3 is 2.11 bits per heavy atom. The van der Waals surface area contributed by atoms with Gasteiger partial charge < -0.3 is 5.11 Å². The number of para-hydroxylation sites is 2. The summed E-state index contributed by atoms with van der Waals surface area (Å²) in [6.07, 6.45) is -0.285. The largest absolute Gasteiger partial charge is 0.481 e. The van der Waals surface area contributed by atoms with Gasteiger partial charge in [0, 0.05) is 0 Å². The highest BCUT2D eigenvalue weighted by molar-refractivity contribution is 7.56. The van der Waals surface area contributed by atoms with E-state index in [1.54, 1.807) is 56.3 Å². The Bertz CT molecular complexity index is 831. The lowest BCUT2D eigenvalue weighted by Gasteiger charge is -2.33. The van der Waals surface area contributed by atoms with Gasteiger partial charge in [-0.1, -0.05) is 47.5 Å². The first-order valence-corrected chi connectivity index (χ1v) is 10.5. The molecular formula is C18H20Cl2NO5P. The van der Waals surface area contributed by atoms with E-state index in [2.05, 4.69) is 0 Å². The predicted octanol–water partition coefficient (Wildman–Crippen LogP) is 5.94. The number of carboxylic acid groups (broad SMARTS) is 1. The van der Waals surface area contributed by atoms with Gasteiger partial charge in [0.1, 0.15) is 0 Å². The van der Waals surface area contributed by atoms with Crippen molar-refractivity contribution < 1.29 is 23.5 Å². The lowest BCUT2D eigenvalue weighted by molar-refractivity contribution is -0.136. The van der Waals surface area contributed by atoms with Crippen LogP contribution in [0.2, 0.25) is 10.0 Å². The quantitative estimate of drug-likeness (QED) is 0.495. The highest BCUT2D eigenvalue weighted by atomic mass is 35.5. The first-order valence-electron chi connectivity index (χ1n) is 8.27. The molecule has 0 radical (unpaired) electrons. The van der Waals surface area contributed by atoms with E-state index in [1.807, 2.05) is 0 Å². The van der Waals surface area contributed by atoms with Crippen molar-refractivity contribution >= 4 is 48.3 Å². The molecule has 0 aliphatic carbocycles. The second-order valence-corrected chi connectivity index (χ2v) is 8.05. The SMILES string of the molecule is CCOP(=O)(OCC)N(c1ccccc1CC(=O)O)c1c(Cl)cccc1Cl. The van der Waals surface area contributed by atoms with Gasteiger partial charge in [-0.3, -0.25) is 13.8 Å². The van der Waals surface area contributed by atoms with Crippen LogP contribution in [0, 0.1) is 0 Å². The zero-order valence-electron chi connectivity index (χ0n) is 14.9. The van der Waals surface area contributed by atoms with Gasteiger partial charge in [-0.25, -0.2) is 9.24 Å². The van der Waals surface area contributed by atoms with Crippen molar-refractivity contribution in [1.82, 2.24) is 0 Å². The van der Waals surface area contributed by atoms with Gasteiger partial charge in [0.05, 0.1) is 41.1 Å². The molecule has 0 aromatic heterocycles. The van der Waals surface area contributed by atoms with Gasteiger partial charge in [0.2, 0.25) is 0 Å². The molecule has 0 amide bonds. The van der Waals surface area contributed by atoms with Crippen molar-refractivity contribution in [2.75, 3.05) is 17.9 Å². The molecule has 9 heteroatoms. The summed E-state index contributed by atoms with van der Waals surface area (Å²) in [7, 11) is -3.93. The summed E-state index contributed by atoms with van der Waals surface area (Å²) in [4.78, 5) is 11.3. The molecule has 0 bridgehead atoms. The fourth-order valence-corrected chi connectivity index (χ4v) is 5.14. The molecule has 2 rings (SSSR count). The van der Waals surface area contributed by atoms with Crippen molar-refractivity contribution in [1.29, 1.82) is 0 Å². The number of aliphatic carboxylic acids is 1. The second kappa shape index (κ2) is 9.58. The predicted molar refractivity (Wildman–Crippen MR) is 107 cm³/mol. The highest BCUT2D eigenvalue weighted by Gasteiger charge is 2.38. The molecule has 0 heterocycles. The molecule has 2 aromatic rings. The first-order chi connectivity index (χ1) is 12.8. The Labute approximate surface area is 168 Å². The van der Waals surface area contributed by atoms with E-state index in [0.29, 0.717) is 11.3 Å². The molecule has 0 spiro atoms. The normalized spacial score (nSPS) is 11.4. The number of carbonyl (C=O) groups is 1. The summed E-state index contributed by atoms with van der Waals surface area (Å²) < 4.78 is 26.0. The number of hydrogen-bond acceptors (Lipinski definition) is 4. The van der Waals surface area contributed by atoms with Gasteiger partial charge in [-0.15, -0.1) is 0 Å². The summed E-state index contributed by atoms with van der Waals surface area (Å²) in [6, 6.07) is 11.5. The molecular weight excluding hydrogens is 412 g/mol. The maximum atomic E-state index is 13.7. The molecule has 27 heavy (non-hydrogen) atoms. The molecule has 0 saturated heterocycles. The van der Waals surface area contributed by atoms with Crippen LogP contribution in [0.4, 0.5) is 11.4 Å². The number of halogens is 2. The summed E-state index contributed by atoms with van der Waals surface area (Å²) in [5.74, 6) is -1.03. The summed E-state index contributed by atoms with van der Waals surface area (Å²) >= 11 is 12.7. The molecule has 0 unspecified atom stereocenters. The molecule has 0 saturated carbocycles. The third-order valence-corrected chi connectivity index (χ3v) is 6.22. The number of anilines is 2. The van der Waals surface area contributed by atoms with Crippen molar-refractivity contribution in [3.63, 3.8) is 0 Å². The van der Waals surface area contributed by atoms with E-state index in [1.165, 1.54) is 4.67 Å². The second-order valence-electron chi connectivity index (χ2n) is 5.39. The van der Waals surface area contributed by atoms with Crippen LogP contribution in [0.25, 0.3) is 0 Å². The number of hydrogen-bond donors (Lipinski definition) is 1. The van der Waals surface area contributed by atoms with E-state index in [4.69, 9.17) is 32.2 Å². The number of carboxylic acids is 1. The Morgan fingerprint density at radius 2 is 1.59 bits per heavy atom. The molecule has 0 atom stereocenters. The van der Waals surface area contributed by atoms with Crippen LogP contribution < -0.4 is 4.67 Å². The lowest BCUT2D eigenvalue weighted by Crippen LogP contribution is -2.20. The summed E-state index contributed by atoms with van der Waals surface area (Å²) in [6.45, 7) is 3.58. The molecule has 146 valence electrons. The minimum absolute atomic E-state index is 0.108. The standard InChI is InChI=1S/C18H20Cl2NO5P/c1-3-25-27(24,26-4-2)21(18-14(19)9-7-10-15(18)20)16-11-6-5-8-13(16)12-17(22)23/h5-11H,3-4,12H2,1-2H3,(H,22,23). The fraction of sp³-hybridized carbons (Fsp3) is 0.278. The van der Waals surface area contributed by atoms with E-state index < -0.39 is 13.7 Å². The zero-order valence-corrected chi connectivity index (χ0v) is 17.3. The average molecular weight is 432 g/mol. The fourth-order valence-electron chi connectivity index (χ4n) is 2.58. The summed E-state index contributed by atoms with van der Waals surface area (Å²) in [5.41, 5.74) is 0.977. The average Bonchev–Trinajstić information content (AvgIpc) is 2.59. The third-order valence-electron chi connectivity index (χ3n) is 3.54. The van der Waals surface area contributed by atoms with Crippen molar-refractivity contribution in [3.8, 4) is 0 Å². The Balaban J connectivity index is 2.79. The third kappa shape index (κ3) is 5.03. The summed E-state index contributed by atoms with van der Waals surface area (Å²) in [5, 5.41) is 9.72. The first kappa shape index (κ1) is 21.7. The van der Waals surface area contributed by atoms with Crippen LogP contribution >= 0.6 is 30.9 Å². The van der Waals surface area contributed by atoms with Crippen LogP contribution in [0.1, 0.15) is 19.4 Å². The zero-order chi connectivity index (χ0) is 20.0. The van der Waals surface area contributed by atoms with Crippen LogP contribution in [0.3, 0.4) is 0 Å². The van der Waals surface area contributed by atoms with E-state index in [9.17, 15) is 14.5 Å². The van der Waals surface area contributed by atoms with Crippen LogP contribution in [-0.4, -0.2) is 24.3 Å². The van der Waals surface area contributed by atoms with Crippen LogP contribution in [0.5, 0.6) is 0 Å². The Morgan fingerprint density at radius 1 is 1.04 bits per heavy atom. The Hall–Kier alpha value is -1.56. The number of benzene rings is 2. The van der Waals surface area contributed by atoms with Crippen LogP contribution in [0.15, 0.2) is 42.5 Å². The molecule has 0 aliphatic rings. The van der Waals surface area contributed by atoms with Crippen molar-refractivity contribution in [2.24, 2.45) is 0 Å². The molecule has 2 aromatic carbocycles. The monoisotopic (exact) mass is 431 g/mol. The molecule has 0 aliphatic heterocycles. The minimum Gasteiger partial charge on any atom is -0.481 e. The van der Waals surface area contributed by atoms with E-state index in [-0.39, 0.29) is 35.4 Å². The van der Waals surface area contributed by atoms with Gasteiger partial charge in [0.15, 0.2) is 0 Å². The maximum absolute atomic E-state index is 13.7. The molecule has 1 N–H and O–H groups in total. The van der Waals surface area contributed by atoms with Gasteiger partial charge >= 0.3 is 13.7 Å². The van der Waals surface area contributed by atoms with Crippen LogP contribution in [-0.2, 0) is 24.8 Å². The Kier molecular flexibility index (Phi) is 7.71. The van der Waals surface area contributed by atoms with Crippen molar-refractivity contribution in [2.45, 2.75) is 20.3 Å².